The first-order valence-electron chi connectivity index (χ1n) is 10.1. The van der Waals surface area contributed by atoms with Gasteiger partial charge in [0, 0.05) is 12.5 Å². The molecule has 0 radical (unpaired) electrons. The Labute approximate surface area is 172 Å². The monoisotopic (exact) mass is 404 g/mol. The van der Waals surface area contributed by atoms with Gasteiger partial charge in [0.1, 0.15) is 11.6 Å². The largest absolute Gasteiger partial charge is 0.354 e. The zero-order chi connectivity index (χ0) is 20.7. The first-order valence-corrected chi connectivity index (χ1v) is 10.1. The summed E-state index contributed by atoms with van der Waals surface area (Å²) in [5.74, 6) is 1.17. The molecule has 4 aromatic rings. The van der Waals surface area contributed by atoms with Gasteiger partial charge in [-0.15, -0.1) is 5.10 Å². The number of nitrogens with one attached hydrogen (secondary N) is 1. The van der Waals surface area contributed by atoms with E-state index in [-0.39, 0.29) is 17.5 Å². The van der Waals surface area contributed by atoms with E-state index in [0.29, 0.717) is 23.0 Å². The standard InChI is InChI=1S/C22H21FN6O/c1-13(30)15-3-2-14(8-15)11-24-22-25-12-20-21(26-22)29(28-27-20)19-7-5-16-9-18(23)6-4-17(16)10-19/h4-7,9-10,12,14-15H,2-3,8,11H2,1H3,(H,24,25,26)/t14?,15-/m1/s1. The Hall–Kier alpha value is -3.42. The molecule has 0 saturated heterocycles. The summed E-state index contributed by atoms with van der Waals surface area (Å²) in [6.07, 6.45) is 4.57. The Morgan fingerprint density at radius 2 is 2.03 bits per heavy atom. The van der Waals surface area contributed by atoms with Crippen molar-refractivity contribution in [2.45, 2.75) is 26.2 Å². The van der Waals surface area contributed by atoms with Crippen molar-refractivity contribution >= 4 is 33.7 Å². The third-order valence-corrected chi connectivity index (χ3v) is 5.89. The number of Topliss-reactive ketones (excluding diaryl/α,β-unsaturated/α-hetero) is 1. The predicted octanol–water partition coefficient (Wildman–Crippen LogP) is 3.92. The molecule has 5 rings (SSSR count). The number of halogens is 1. The number of carbonyl (C=O) groups excluding carboxylic acids is 1. The fourth-order valence-electron chi connectivity index (χ4n) is 4.19. The van der Waals surface area contributed by atoms with Crippen LogP contribution in [0.2, 0.25) is 0 Å². The molecule has 2 aromatic carbocycles. The van der Waals surface area contributed by atoms with Gasteiger partial charge in [0.2, 0.25) is 5.95 Å². The van der Waals surface area contributed by atoms with Crippen LogP contribution in [-0.2, 0) is 4.79 Å². The lowest BCUT2D eigenvalue weighted by molar-refractivity contribution is -0.120. The predicted molar refractivity (Wildman–Crippen MR) is 112 cm³/mol. The summed E-state index contributed by atoms with van der Waals surface area (Å²) in [5, 5.41) is 13.4. The highest BCUT2D eigenvalue weighted by atomic mass is 19.1. The Morgan fingerprint density at radius 1 is 1.20 bits per heavy atom. The third kappa shape index (κ3) is 3.49. The van der Waals surface area contributed by atoms with Crippen LogP contribution < -0.4 is 5.32 Å². The molecule has 30 heavy (non-hydrogen) atoms. The van der Waals surface area contributed by atoms with E-state index < -0.39 is 0 Å². The second-order valence-corrected chi connectivity index (χ2v) is 7.95. The van der Waals surface area contributed by atoms with Crippen molar-refractivity contribution in [1.82, 2.24) is 25.0 Å². The van der Waals surface area contributed by atoms with Gasteiger partial charge in [0.15, 0.2) is 11.2 Å². The molecule has 0 aliphatic heterocycles. The zero-order valence-electron chi connectivity index (χ0n) is 16.5. The summed E-state index contributed by atoms with van der Waals surface area (Å²) in [6, 6.07) is 10.3. The van der Waals surface area contributed by atoms with Gasteiger partial charge >= 0.3 is 0 Å². The van der Waals surface area contributed by atoms with E-state index in [1.807, 2.05) is 18.2 Å². The van der Waals surface area contributed by atoms with Gasteiger partial charge in [-0.3, -0.25) is 4.79 Å². The summed E-state index contributed by atoms with van der Waals surface area (Å²) >= 11 is 0. The highest BCUT2D eigenvalue weighted by Crippen LogP contribution is 2.31. The SMILES string of the molecule is CC(=O)[C@@H]1CCC(CNc2ncc3nnn(-c4ccc5cc(F)ccc5c4)c3n2)C1. The zero-order valence-corrected chi connectivity index (χ0v) is 16.5. The molecule has 8 heteroatoms. The van der Waals surface area contributed by atoms with E-state index in [9.17, 15) is 9.18 Å². The van der Waals surface area contributed by atoms with Gasteiger partial charge in [0.25, 0.3) is 0 Å². The highest BCUT2D eigenvalue weighted by Gasteiger charge is 2.27. The van der Waals surface area contributed by atoms with Crippen molar-refractivity contribution in [3.8, 4) is 5.69 Å². The summed E-state index contributed by atoms with van der Waals surface area (Å²) in [5.41, 5.74) is 1.99. The molecule has 1 saturated carbocycles. The average molecular weight is 404 g/mol. The van der Waals surface area contributed by atoms with Crippen LogP contribution in [0, 0.1) is 17.7 Å². The maximum absolute atomic E-state index is 13.4. The molecule has 2 heterocycles. The van der Waals surface area contributed by atoms with Gasteiger partial charge in [0.05, 0.1) is 11.9 Å². The third-order valence-electron chi connectivity index (χ3n) is 5.89. The van der Waals surface area contributed by atoms with Gasteiger partial charge < -0.3 is 5.32 Å². The molecule has 1 fully saturated rings. The number of hydrogen-bond donors (Lipinski definition) is 1. The lowest BCUT2D eigenvalue weighted by Gasteiger charge is -2.11. The van der Waals surface area contributed by atoms with Crippen molar-refractivity contribution in [3.63, 3.8) is 0 Å². The number of ketones is 1. The second kappa shape index (κ2) is 7.44. The summed E-state index contributed by atoms with van der Waals surface area (Å²) in [4.78, 5) is 20.5. The molecule has 152 valence electrons. The molecule has 0 amide bonds. The Kier molecular flexibility index (Phi) is 4.61. The Morgan fingerprint density at radius 3 is 2.87 bits per heavy atom. The van der Waals surface area contributed by atoms with Crippen molar-refractivity contribution in [2.24, 2.45) is 11.8 Å². The van der Waals surface area contributed by atoms with Crippen LogP contribution in [0.4, 0.5) is 10.3 Å². The minimum absolute atomic E-state index is 0.187. The van der Waals surface area contributed by atoms with Crippen molar-refractivity contribution in [2.75, 3.05) is 11.9 Å². The van der Waals surface area contributed by atoms with Crippen LogP contribution in [0.3, 0.4) is 0 Å². The van der Waals surface area contributed by atoms with E-state index in [4.69, 9.17) is 0 Å². The van der Waals surface area contributed by atoms with Gasteiger partial charge in [-0.05, 0) is 67.1 Å². The quantitative estimate of drug-likeness (QED) is 0.543. The number of carbonyl (C=O) groups is 1. The maximum atomic E-state index is 13.4. The van der Waals surface area contributed by atoms with Crippen LogP contribution in [0.25, 0.3) is 27.6 Å². The molecular weight excluding hydrogens is 383 g/mol. The lowest BCUT2D eigenvalue weighted by atomic mass is 10.0. The summed E-state index contributed by atoms with van der Waals surface area (Å²) < 4.78 is 15.1. The maximum Gasteiger partial charge on any atom is 0.224 e. The fourth-order valence-corrected chi connectivity index (χ4v) is 4.19. The smallest absolute Gasteiger partial charge is 0.224 e. The summed E-state index contributed by atoms with van der Waals surface area (Å²) in [6.45, 7) is 2.41. The van der Waals surface area contributed by atoms with Gasteiger partial charge in [-0.1, -0.05) is 17.3 Å². The van der Waals surface area contributed by atoms with Crippen LogP contribution in [0.15, 0.2) is 42.6 Å². The first kappa shape index (κ1) is 18.6. The van der Waals surface area contributed by atoms with Crippen LogP contribution in [-0.4, -0.2) is 37.3 Å². The van der Waals surface area contributed by atoms with E-state index in [0.717, 1.165) is 42.3 Å². The van der Waals surface area contributed by atoms with Crippen molar-refractivity contribution < 1.29 is 9.18 Å². The van der Waals surface area contributed by atoms with Gasteiger partial charge in [-0.25, -0.2) is 9.37 Å². The van der Waals surface area contributed by atoms with Crippen LogP contribution >= 0.6 is 0 Å². The number of aromatic nitrogens is 5. The number of rotatable bonds is 5. The van der Waals surface area contributed by atoms with Crippen molar-refractivity contribution in [3.05, 3.63) is 48.4 Å². The molecule has 1 N–H and O–H groups in total. The normalized spacial score (nSPS) is 18.9. The lowest BCUT2D eigenvalue weighted by Crippen LogP contribution is -2.15. The number of nitrogens with zero attached hydrogens (tertiary/aromatic N) is 5. The number of fused-ring (bicyclic) bond motifs is 2. The van der Waals surface area contributed by atoms with E-state index in [1.165, 1.54) is 12.1 Å². The Bertz CT molecular complexity index is 1250. The molecule has 1 aliphatic carbocycles. The summed E-state index contributed by atoms with van der Waals surface area (Å²) in [7, 11) is 0. The molecule has 2 aromatic heterocycles. The number of anilines is 1. The fraction of sp³-hybridized carbons (Fsp3) is 0.318. The van der Waals surface area contributed by atoms with Gasteiger partial charge in [-0.2, -0.15) is 9.67 Å². The second-order valence-electron chi connectivity index (χ2n) is 7.95. The van der Waals surface area contributed by atoms with E-state index >= 15 is 0 Å². The highest BCUT2D eigenvalue weighted by molar-refractivity contribution is 5.85. The number of hydrogen-bond acceptors (Lipinski definition) is 6. The average Bonchev–Trinajstić information content (AvgIpc) is 3.39. The minimum Gasteiger partial charge on any atom is -0.354 e. The first-order chi connectivity index (χ1) is 14.6. The molecule has 2 atom stereocenters. The molecular formula is C22H21FN6O. The molecule has 7 nitrogen and oxygen atoms in total. The topological polar surface area (TPSA) is 85.6 Å². The van der Waals surface area contributed by atoms with Crippen LogP contribution in [0.1, 0.15) is 26.2 Å². The number of benzene rings is 2. The molecule has 0 spiro atoms. The Balaban J connectivity index is 1.39. The van der Waals surface area contributed by atoms with E-state index in [1.54, 1.807) is 23.9 Å². The van der Waals surface area contributed by atoms with Crippen LogP contribution in [0.5, 0.6) is 0 Å². The molecule has 1 unspecified atom stereocenters. The molecule has 0 bridgehead atoms. The molecule has 1 aliphatic rings. The van der Waals surface area contributed by atoms with Crippen molar-refractivity contribution in [1.29, 1.82) is 0 Å². The van der Waals surface area contributed by atoms with E-state index in [2.05, 4.69) is 25.6 Å². The minimum atomic E-state index is -0.262.